The van der Waals surface area contributed by atoms with Crippen molar-refractivity contribution in [3.05, 3.63) is 35.4 Å². The number of rotatable bonds is 2. The number of ether oxygens (including phenoxy) is 1. The molecular weight excluding hydrogens is 373 g/mol. The van der Waals surface area contributed by atoms with Gasteiger partial charge in [-0.3, -0.25) is 9.69 Å². The second-order valence-corrected chi connectivity index (χ2v) is 8.51. The lowest BCUT2D eigenvalue weighted by atomic mass is 9.99. The number of benzene rings is 1. The Hall–Kier alpha value is -2.09. The number of nitrogens with zero attached hydrogens (tertiary/aromatic N) is 2. The Labute approximate surface area is 162 Å². The van der Waals surface area contributed by atoms with Crippen molar-refractivity contribution >= 4 is 11.9 Å². The SMILES string of the molecule is CC(C)(C)OC(=O)N1CC2CC(=O)CN2CC1Cc1ccc(C(F)(F)F)cc1. The molecule has 2 atom stereocenters. The molecule has 0 aromatic heterocycles. The molecule has 8 heteroatoms. The maximum absolute atomic E-state index is 12.8. The van der Waals surface area contributed by atoms with E-state index in [0.29, 0.717) is 38.0 Å². The van der Waals surface area contributed by atoms with Crippen LogP contribution in [-0.2, 0) is 22.1 Å². The smallest absolute Gasteiger partial charge is 0.416 e. The Balaban J connectivity index is 1.78. The van der Waals surface area contributed by atoms with E-state index in [9.17, 15) is 22.8 Å². The van der Waals surface area contributed by atoms with Crippen LogP contribution in [0.25, 0.3) is 0 Å². The van der Waals surface area contributed by atoms with E-state index in [1.807, 2.05) is 0 Å². The Morgan fingerprint density at radius 2 is 1.79 bits per heavy atom. The van der Waals surface area contributed by atoms with Crippen LogP contribution in [0.2, 0.25) is 0 Å². The van der Waals surface area contributed by atoms with Crippen LogP contribution in [0.1, 0.15) is 38.3 Å². The van der Waals surface area contributed by atoms with Crippen molar-refractivity contribution in [2.24, 2.45) is 0 Å². The number of alkyl halides is 3. The van der Waals surface area contributed by atoms with Crippen molar-refractivity contribution in [2.45, 2.75) is 57.5 Å². The van der Waals surface area contributed by atoms with Gasteiger partial charge in [0.1, 0.15) is 11.4 Å². The molecule has 3 rings (SSSR count). The van der Waals surface area contributed by atoms with E-state index in [1.165, 1.54) is 12.1 Å². The molecule has 2 heterocycles. The summed E-state index contributed by atoms with van der Waals surface area (Å²) in [5, 5.41) is 0. The molecule has 0 bridgehead atoms. The van der Waals surface area contributed by atoms with Gasteiger partial charge < -0.3 is 9.64 Å². The predicted molar refractivity (Wildman–Crippen MR) is 96.9 cm³/mol. The standard InChI is InChI=1S/C20H25F3N2O3/c1-19(2,3)28-18(27)25-11-15-9-17(26)12-24(15)10-16(25)8-13-4-6-14(7-5-13)20(21,22)23/h4-7,15-16H,8-12H2,1-3H3. The summed E-state index contributed by atoms with van der Waals surface area (Å²) in [6, 6.07) is 4.70. The molecule has 0 radical (unpaired) electrons. The first-order chi connectivity index (χ1) is 12.9. The summed E-state index contributed by atoms with van der Waals surface area (Å²) in [5.41, 5.74) is -0.650. The summed E-state index contributed by atoms with van der Waals surface area (Å²) in [6.07, 6.45) is -4.03. The Kier molecular flexibility index (Phi) is 5.44. The zero-order chi connectivity index (χ0) is 20.7. The molecule has 0 aliphatic carbocycles. The van der Waals surface area contributed by atoms with Crippen molar-refractivity contribution in [3.8, 4) is 0 Å². The van der Waals surface area contributed by atoms with E-state index in [-0.39, 0.29) is 17.9 Å². The number of carbonyl (C=O) groups is 2. The molecule has 1 aromatic carbocycles. The number of halogens is 3. The zero-order valence-electron chi connectivity index (χ0n) is 16.3. The largest absolute Gasteiger partial charge is 0.444 e. The first-order valence-corrected chi connectivity index (χ1v) is 9.34. The van der Waals surface area contributed by atoms with Gasteiger partial charge in [-0.25, -0.2) is 4.79 Å². The van der Waals surface area contributed by atoms with Crippen LogP contribution >= 0.6 is 0 Å². The molecule has 1 amide bonds. The molecule has 0 saturated carbocycles. The number of piperazine rings is 1. The lowest BCUT2D eigenvalue weighted by Gasteiger charge is -2.43. The third-order valence-corrected chi connectivity index (χ3v) is 5.03. The molecule has 2 unspecified atom stereocenters. The lowest BCUT2D eigenvalue weighted by Crippen LogP contribution is -2.59. The van der Waals surface area contributed by atoms with E-state index in [4.69, 9.17) is 4.74 Å². The van der Waals surface area contributed by atoms with Gasteiger partial charge in [0.2, 0.25) is 0 Å². The minimum Gasteiger partial charge on any atom is -0.444 e. The Morgan fingerprint density at radius 1 is 1.14 bits per heavy atom. The molecule has 0 spiro atoms. The first kappa shape index (κ1) is 20.6. The van der Waals surface area contributed by atoms with Crippen LogP contribution in [0.5, 0.6) is 0 Å². The minimum atomic E-state index is -4.38. The summed E-state index contributed by atoms with van der Waals surface area (Å²) in [5.74, 6) is 0.143. The summed E-state index contributed by atoms with van der Waals surface area (Å²) >= 11 is 0. The van der Waals surface area contributed by atoms with Crippen LogP contribution in [0.3, 0.4) is 0 Å². The van der Waals surface area contributed by atoms with Gasteiger partial charge >= 0.3 is 12.3 Å². The van der Waals surface area contributed by atoms with Crippen molar-refractivity contribution < 1.29 is 27.5 Å². The summed E-state index contributed by atoms with van der Waals surface area (Å²) in [7, 11) is 0. The number of hydrogen-bond acceptors (Lipinski definition) is 4. The van der Waals surface area contributed by atoms with Crippen molar-refractivity contribution in [1.82, 2.24) is 9.80 Å². The Bertz CT molecular complexity index is 741. The van der Waals surface area contributed by atoms with Gasteiger partial charge in [-0.1, -0.05) is 12.1 Å². The summed E-state index contributed by atoms with van der Waals surface area (Å²) in [4.78, 5) is 28.2. The quantitative estimate of drug-likeness (QED) is 0.765. The molecule has 2 aliphatic heterocycles. The molecule has 5 nitrogen and oxygen atoms in total. The van der Waals surface area contributed by atoms with Crippen LogP contribution in [0.4, 0.5) is 18.0 Å². The number of ketones is 1. The van der Waals surface area contributed by atoms with Crippen LogP contribution < -0.4 is 0 Å². The topological polar surface area (TPSA) is 49.9 Å². The van der Waals surface area contributed by atoms with E-state index in [1.54, 1.807) is 25.7 Å². The normalized spacial score (nSPS) is 23.6. The first-order valence-electron chi connectivity index (χ1n) is 9.34. The molecule has 2 fully saturated rings. The number of fused-ring (bicyclic) bond motifs is 1. The van der Waals surface area contributed by atoms with Crippen molar-refractivity contribution in [1.29, 1.82) is 0 Å². The van der Waals surface area contributed by atoms with Gasteiger partial charge in [0, 0.05) is 25.6 Å². The third kappa shape index (κ3) is 4.84. The van der Waals surface area contributed by atoms with Crippen molar-refractivity contribution in [3.63, 3.8) is 0 Å². The highest BCUT2D eigenvalue weighted by molar-refractivity contribution is 5.83. The Morgan fingerprint density at radius 3 is 2.36 bits per heavy atom. The van der Waals surface area contributed by atoms with E-state index >= 15 is 0 Å². The fraction of sp³-hybridized carbons (Fsp3) is 0.600. The van der Waals surface area contributed by atoms with Gasteiger partial charge in [-0.05, 0) is 44.9 Å². The lowest BCUT2D eigenvalue weighted by molar-refractivity contribution is -0.137. The minimum absolute atomic E-state index is 0.0242. The number of amides is 1. The summed E-state index contributed by atoms with van der Waals surface area (Å²) < 4.78 is 43.9. The summed E-state index contributed by atoms with van der Waals surface area (Å²) in [6.45, 7) is 6.58. The van der Waals surface area contributed by atoms with E-state index in [2.05, 4.69) is 4.90 Å². The van der Waals surface area contributed by atoms with E-state index in [0.717, 1.165) is 12.1 Å². The van der Waals surface area contributed by atoms with Gasteiger partial charge in [0.05, 0.1) is 18.2 Å². The maximum Gasteiger partial charge on any atom is 0.416 e. The molecule has 154 valence electrons. The van der Waals surface area contributed by atoms with Crippen molar-refractivity contribution in [2.75, 3.05) is 19.6 Å². The number of hydrogen-bond donors (Lipinski definition) is 0. The second-order valence-electron chi connectivity index (χ2n) is 8.51. The number of Topliss-reactive ketones (excluding diaryl/α,β-unsaturated/α-hetero) is 1. The number of carbonyl (C=O) groups excluding carboxylic acids is 2. The van der Waals surface area contributed by atoms with Crippen LogP contribution in [0.15, 0.2) is 24.3 Å². The molecule has 2 saturated heterocycles. The van der Waals surface area contributed by atoms with Gasteiger partial charge in [0.15, 0.2) is 0 Å². The fourth-order valence-electron chi connectivity index (χ4n) is 3.77. The fourth-order valence-corrected chi connectivity index (χ4v) is 3.77. The predicted octanol–water partition coefficient (Wildman–Crippen LogP) is 3.51. The maximum atomic E-state index is 12.8. The van der Waals surface area contributed by atoms with Gasteiger partial charge in [-0.15, -0.1) is 0 Å². The van der Waals surface area contributed by atoms with Crippen LogP contribution in [-0.4, -0.2) is 59.0 Å². The van der Waals surface area contributed by atoms with Gasteiger partial charge in [-0.2, -0.15) is 13.2 Å². The highest BCUT2D eigenvalue weighted by atomic mass is 19.4. The molecule has 2 aliphatic rings. The highest BCUT2D eigenvalue weighted by Crippen LogP contribution is 2.30. The monoisotopic (exact) mass is 398 g/mol. The van der Waals surface area contributed by atoms with E-state index < -0.39 is 23.4 Å². The molecule has 1 aromatic rings. The zero-order valence-corrected chi connectivity index (χ0v) is 16.3. The average molecular weight is 398 g/mol. The average Bonchev–Trinajstić information content (AvgIpc) is 2.91. The highest BCUT2D eigenvalue weighted by Gasteiger charge is 2.42. The molecule has 0 N–H and O–H groups in total. The molecule has 28 heavy (non-hydrogen) atoms. The second kappa shape index (κ2) is 7.39. The van der Waals surface area contributed by atoms with Gasteiger partial charge in [0.25, 0.3) is 0 Å². The molecular formula is C20H25F3N2O3. The van der Waals surface area contributed by atoms with Crippen LogP contribution in [0, 0.1) is 0 Å². The third-order valence-electron chi connectivity index (χ3n) is 5.03.